The third kappa shape index (κ3) is 3.03. The Morgan fingerprint density at radius 3 is 1.84 bits per heavy atom. The molecule has 0 N–H and O–H groups in total. The van der Waals surface area contributed by atoms with Crippen LogP contribution in [-0.2, 0) is 0 Å². The van der Waals surface area contributed by atoms with E-state index < -0.39 is 0 Å². The molecule has 3 heteroatoms. The lowest BCUT2D eigenvalue weighted by Crippen LogP contribution is -2.01. The molecule has 0 radical (unpaired) electrons. The molecule has 4 rings (SSSR count). The van der Waals surface area contributed by atoms with Crippen LogP contribution in [0.2, 0.25) is 0 Å². The van der Waals surface area contributed by atoms with Gasteiger partial charge in [-0.2, -0.15) is 0 Å². The zero-order valence-electron chi connectivity index (χ0n) is 15.7. The highest BCUT2D eigenvalue weighted by Crippen LogP contribution is 2.37. The van der Waals surface area contributed by atoms with Gasteiger partial charge in [0.2, 0.25) is 0 Å². The van der Waals surface area contributed by atoms with Crippen molar-refractivity contribution in [2.75, 3.05) is 0 Å². The van der Waals surface area contributed by atoms with Crippen molar-refractivity contribution in [3.8, 4) is 27.9 Å². The minimum absolute atomic E-state index is 0.0551. The fourth-order valence-corrected chi connectivity index (χ4v) is 3.42. The molecule has 0 amide bonds. The number of aromatic nitrogens is 2. The minimum atomic E-state index is -0.0551. The maximum absolute atomic E-state index is 8.41. The van der Waals surface area contributed by atoms with E-state index >= 15 is 0 Å². The number of rotatable bonds is 3. The molecule has 25 heavy (non-hydrogen) atoms. The molecule has 122 valence electrons. The van der Waals surface area contributed by atoms with Crippen molar-refractivity contribution in [2.45, 2.75) is 6.92 Å². The second-order valence-corrected chi connectivity index (χ2v) is 6.59. The normalized spacial score (nSPS) is 11.9. The molecule has 3 aromatic carbocycles. The van der Waals surface area contributed by atoms with Crippen LogP contribution in [0.1, 0.15) is 8.30 Å². The smallest absolute Gasteiger partial charge is 0.181 e. The van der Waals surface area contributed by atoms with Gasteiger partial charge < -0.3 is 0 Å². The molecule has 0 aliphatic heterocycles. The van der Waals surface area contributed by atoms with Gasteiger partial charge in [0, 0.05) is 23.5 Å². The number of hydrogen-bond acceptors (Lipinski definition) is 1. The third-order valence-electron chi connectivity index (χ3n) is 4.14. The maximum atomic E-state index is 8.41. The Bertz CT molecular complexity index is 1050. The molecule has 0 unspecified atom stereocenters. The first-order valence-corrected chi connectivity index (χ1v) is 8.83. The predicted molar refractivity (Wildman–Crippen MR) is 107 cm³/mol. The topological polar surface area (TPSA) is 17.8 Å². The standard InChI is InChI=1S/C22H17BrN2/c1-16-14-19(17-8-4-2-5-9-17)21(25-13-12-24-22(25)23)20(15-16)18-10-6-3-7-11-18/h2-15H,1H3/i12D,13D. The van der Waals surface area contributed by atoms with Crippen LogP contribution in [0.3, 0.4) is 0 Å². The number of hydrogen-bond donors (Lipinski definition) is 0. The Balaban J connectivity index is 2.13. The lowest BCUT2D eigenvalue weighted by atomic mass is 9.93. The van der Waals surface area contributed by atoms with Gasteiger partial charge in [-0.3, -0.25) is 4.57 Å². The van der Waals surface area contributed by atoms with Crippen LogP contribution < -0.4 is 0 Å². The number of halogens is 1. The summed E-state index contributed by atoms with van der Waals surface area (Å²) in [6.45, 7) is 2.07. The van der Waals surface area contributed by atoms with Crippen LogP contribution in [0, 0.1) is 6.92 Å². The summed E-state index contributed by atoms with van der Waals surface area (Å²) in [7, 11) is 0. The quantitative estimate of drug-likeness (QED) is 0.402. The second-order valence-electron chi connectivity index (χ2n) is 5.88. The predicted octanol–water partition coefficient (Wildman–Crippen LogP) is 6.28. The van der Waals surface area contributed by atoms with Crippen molar-refractivity contribution in [1.29, 1.82) is 0 Å². The first-order chi connectivity index (χ1) is 13.1. The van der Waals surface area contributed by atoms with E-state index in [1.54, 1.807) is 4.57 Å². The molecule has 1 aromatic heterocycles. The summed E-state index contributed by atoms with van der Waals surface area (Å²) in [5, 5.41) is 0. The van der Waals surface area contributed by atoms with Crippen LogP contribution in [-0.4, -0.2) is 9.55 Å². The van der Waals surface area contributed by atoms with Crippen molar-refractivity contribution >= 4 is 15.9 Å². The van der Waals surface area contributed by atoms with E-state index in [9.17, 15) is 0 Å². The fourth-order valence-electron chi connectivity index (χ4n) is 3.06. The van der Waals surface area contributed by atoms with Gasteiger partial charge in [-0.05, 0) is 51.7 Å². The van der Waals surface area contributed by atoms with E-state index in [1.807, 2.05) is 36.4 Å². The summed E-state index contributed by atoms with van der Waals surface area (Å²) >= 11 is 3.45. The first kappa shape index (κ1) is 13.6. The van der Waals surface area contributed by atoms with E-state index in [2.05, 4.69) is 64.2 Å². The molecule has 0 spiro atoms. The first-order valence-electron chi connectivity index (χ1n) is 9.03. The minimum Gasteiger partial charge on any atom is -0.293 e. The van der Waals surface area contributed by atoms with Crippen LogP contribution >= 0.6 is 15.9 Å². The summed E-state index contributed by atoms with van der Waals surface area (Å²) < 4.78 is 18.5. The zero-order chi connectivity index (χ0) is 19.0. The van der Waals surface area contributed by atoms with Crippen LogP contribution in [0.5, 0.6) is 0 Å². The molecule has 2 nitrogen and oxygen atoms in total. The lowest BCUT2D eigenvalue weighted by Gasteiger charge is -2.18. The number of imidazole rings is 1. The Morgan fingerprint density at radius 1 is 0.880 bits per heavy atom. The highest BCUT2D eigenvalue weighted by molar-refractivity contribution is 9.10. The van der Waals surface area contributed by atoms with E-state index in [0.717, 1.165) is 33.5 Å². The molecule has 0 aliphatic rings. The van der Waals surface area contributed by atoms with E-state index in [4.69, 9.17) is 2.74 Å². The summed E-state index contributed by atoms with van der Waals surface area (Å²) in [5.74, 6) is 0. The molecule has 4 aromatic rings. The van der Waals surface area contributed by atoms with Crippen LogP contribution in [0.4, 0.5) is 0 Å². The van der Waals surface area contributed by atoms with Crippen LogP contribution in [0.15, 0.2) is 89.9 Å². The zero-order valence-corrected chi connectivity index (χ0v) is 15.3. The van der Waals surface area contributed by atoms with Gasteiger partial charge in [0.15, 0.2) is 4.73 Å². The van der Waals surface area contributed by atoms with Crippen molar-refractivity contribution < 1.29 is 2.74 Å². The largest absolute Gasteiger partial charge is 0.293 e. The van der Waals surface area contributed by atoms with Crippen molar-refractivity contribution in [3.05, 3.63) is 95.4 Å². The Hall–Kier alpha value is -2.65. The lowest BCUT2D eigenvalue weighted by molar-refractivity contribution is 1.02. The Kier molecular flexibility index (Phi) is 3.65. The molecule has 0 bridgehead atoms. The van der Waals surface area contributed by atoms with E-state index in [1.165, 1.54) is 0 Å². The second kappa shape index (κ2) is 6.69. The van der Waals surface area contributed by atoms with Gasteiger partial charge in [-0.1, -0.05) is 60.7 Å². The van der Waals surface area contributed by atoms with Gasteiger partial charge >= 0.3 is 0 Å². The van der Waals surface area contributed by atoms with E-state index in [0.29, 0.717) is 4.73 Å². The fraction of sp³-hybridized carbons (Fsp3) is 0.0455. The highest BCUT2D eigenvalue weighted by Gasteiger charge is 2.16. The summed E-state index contributed by atoms with van der Waals surface area (Å²) in [6.07, 6.45) is 0.000522. The molecule has 1 heterocycles. The van der Waals surface area contributed by atoms with Gasteiger partial charge in [0.25, 0.3) is 0 Å². The van der Waals surface area contributed by atoms with Gasteiger partial charge in [-0.15, -0.1) is 0 Å². The van der Waals surface area contributed by atoms with Gasteiger partial charge in [0.05, 0.1) is 8.43 Å². The summed E-state index contributed by atoms with van der Waals surface area (Å²) in [5.41, 5.74) is 6.09. The van der Waals surface area contributed by atoms with Crippen LogP contribution in [0.25, 0.3) is 27.9 Å². The molecule has 0 saturated heterocycles. The highest BCUT2D eigenvalue weighted by atomic mass is 79.9. The monoisotopic (exact) mass is 390 g/mol. The maximum Gasteiger partial charge on any atom is 0.181 e. The number of nitrogens with zero attached hydrogens (tertiary/aromatic N) is 2. The third-order valence-corrected chi connectivity index (χ3v) is 4.67. The van der Waals surface area contributed by atoms with Crippen molar-refractivity contribution in [2.24, 2.45) is 0 Å². The Morgan fingerprint density at radius 2 is 1.40 bits per heavy atom. The molecular weight excluding hydrogens is 372 g/mol. The molecule has 0 atom stereocenters. The molecule has 0 aliphatic carbocycles. The average Bonchev–Trinajstić information content (AvgIpc) is 2.94. The Labute approximate surface area is 158 Å². The number of aryl methyl sites for hydroxylation is 1. The average molecular weight is 391 g/mol. The van der Waals surface area contributed by atoms with Gasteiger partial charge in [-0.25, -0.2) is 4.98 Å². The molecule has 0 fully saturated rings. The molecule has 0 saturated carbocycles. The summed E-state index contributed by atoms with van der Waals surface area (Å²) in [4.78, 5) is 4.14. The van der Waals surface area contributed by atoms with Gasteiger partial charge in [0.1, 0.15) is 0 Å². The number of benzene rings is 3. The van der Waals surface area contributed by atoms with E-state index in [-0.39, 0.29) is 12.3 Å². The summed E-state index contributed by atoms with van der Waals surface area (Å²) in [6, 6.07) is 24.5. The molecular formula is C22H17BrN2. The SMILES string of the molecule is [2H]c1nc(Br)n(-c2c(-c3ccccc3)cc(C)cc2-c2ccccc2)c1[2H]. The van der Waals surface area contributed by atoms with Crippen molar-refractivity contribution in [3.63, 3.8) is 0 Å². The van der Waals surface area contributed by atoms with Crippen molar-refractivity contribution in [1.82, 2.24) is 9.55 Å².